The lowest BCUT2D eigenvalue weighted by Gasteiger charge is -2.37. The Morgan fingerprint density at radius 1 is 1.12 bits per heavy atom. The Kier molecular flexibility index (Phi) is 6.24. The highest BCUT2D eigenvalue weighted by Gasteiger charge is 2.25. The summed E-state index contributed by atoms with van der Waals surface area (Å²) in [5.41, 5.74) is 2.00. The summed E-state index contributed by atoms with van der Waals surface area (Å²) in [6.07, 6.45) is 0. The lowest BCUT2D eigenvalue weighted by Crippen LogP contribution is -2.48. The van der Waals surface area contributed by atoms with Crippen molar-refractivity contribution in [3.8, 4) is 0 Å². The molecule has 1 aromatic heterocycles. The van der Waals surface area contributed by atoms with Crippen LogP contribution in [0.3, 0.4) is 0 Å². The van der Waals surface area contributed by atoms with Crippen LogP contribution < -0.4 is 4.72 Å². The normalized spacial score (nSPS) is 18.3. The van der Waals surface area contributed by atoms with Crippen LogP contribution in [-0.4, -0.2) is 58.0 Å². The Labute approximate surface area is 154 Å². The molecule has 25 heavy (non-hydrogen) atoms. The molecule has 0 aliphatic carbocycles. The van der Waals surface area contributed by atoms with E-state index < -0.39 is 10.0 Å². The fourth-order valence-corrected chi connectivity index (χ4v) is 4.96. The predicted octanol–water partition coefficient (Wildman–Crippen LogP) is 2.16. The minimum atomic E-state index is -3.35. The SMILES string of the molecule is CN1CCN(C(CNS(=O)(=O)Cc2ccccc2)c2ccsc2)CC1. The molecule has 0 spiro atoms. The smallest absolute Gasteiger partial charge is 0.215 e. The topological polar surface area (TPSA) is 52.6 Å². The molecule has 1 aliphatic rings. The van der Waals surface area contributed by atoms with Crippen molar-refractivity contribution >= 4 is 21.4 Å². The second-order valence-corrected chi connectivity index (χ2v) is 9.09. The molecular weight excluding hydrogens is 354 g/mol. The fraction of sp³-hybridized carbons (Fsp3) is 0.444. The minimum absolute atomic E-state index is 0.0208. The van der Waals surface area contributed by atoms with Crippen LogP contribution in [0.25, 0.3) is 0 Å². The van der Waals surface area contributed by atoms with Gasteiger partial charge in [0.05, 0.1) is 5.75 Å². The van der Waals surface area contributed by atoms with Gasteiger partial charge in [-0.25, -0.2) is 13.1 Å². The van der Waals surface area contributed by atoms with Gasteiger partial charge in [0, 0.05) is 38.8 Å². The second kappa shape index (κ2) is 8.42. The third-order valence-electron chi connectivity index (χ3n) is 4.60. The highest BCUT2D eigenvalue weighted by molar-refractivity contribution is 7.88. The molecule has 1 fully saturated rings. The summed E-state index contributed by atoms with van der Waals surface area (Å²) < 4.78 is 27.8. The summed E-state index contributed by atoms with van der Waals surface area (Å²) in [5.74, 6) is 0.0208. The average Bonchev–Trinajstić information content (AvgIpc) is 3.11. The molecule has 7 heteroatoms. The van der Waals surface area contributed by atoms with Gasteiger partial charge in [0.2, 0.25) is 10.0 Å². The lowest BCUT2D eigenvalue weighted by molar-refractivity contribution is 0.113. The van der Waals surface area contributed by atoms with Gasteiger partial charge >= 0.3 is 0 Å². The van der Waals surface area contributed by atoms with E-state index in [1.807, 2.05) is 30.3 Å². The number of piperazine rings is 1. The quantitative estimate of drug-likeness (QED) is 0.801. The van der Waals surface area contributed by atoms with Crippen LogP contribution in [0.5, 0.6) is 0 Å². The van der Waals surface area contributed by atoms with E-state index in [-0.39, 0.29) is 11.8 Å². The van der Waals surface area contributed by atoms with Gasteiger partial charge in [-0.05, 0) is 35.0 Å². The molecule has 1 atom stereocenters. The van der Waals surface area contributed by atoms with Crippen LogP contribution >= 0.6 is 11.3 Å². The largest absolute Gasteiger partial charge is 0.304 e. The summed E-state index contributed by atoms with van der Waals surface area (Å²) in [6, 6.07) is 11.5. The van der Waals surface area contributed by atoms with E-state index in [9.17, 15) is 8.42 Å². The molecule has 1 saturated heterocycles. The Morgan fingerprint density at radius 3 is 2.48 bits per heavy atom. The maximum absolute atomic E-state index is 12.5. The van der Waals surface area contributed by atoms with Gasteiger partial charge in [-0.15, -0.1) is 0 Å². The summed E-state index contributed by atoms with van der Waals surface area (Å²) in [4.78, 5) is 4.69. The van der Waals surface area contributed by atoms with Crippen molar-refractivity contribution < 1.29 is 8.42 Å². The molecule has 1 aromatic carbocycles. The van der Waals surface area contributed by atoms with E-state index in [1.165, 1.54) is 5.56 Å². The van der Waals surface area contributed by atoms with Gasteiger partial charge in [0.1, 0.15) is 0 Å². The van der Waals surface area contributed by atoms with Crippen LogP contribution in [0.4, 0.5) is 0 Å². The molecule has 136 valence electrons. The number of nitrogens with one attached hydrogen (secondary N) is 1. The van der Waals surface area contributed by atoms with Gasteiger partial charge in [0.25, 0.3) is 0 Å². The Balaban J connectivity index is 1.66. The number of rotatable bonds is 7. The van der Waals surface area contributed by atoms with Crippen LogP contribution in [0.2, 0.25) is 0 Å². The second-order valence-electron chi connectivity index (χ2n) is 6.50. The summed E-state index contributed by atoms with van der Waals surface area (Å²) >= 11 is 1.65. The number of nitrogens with zero attached hydrogens (tertiary/aromatic N) is 2. The molecule has 1 aliphatic heterocycles. The Bertz CT molecular complexity index is 740. The lowest BCUT2D eigenvalue weighted by atomic mass is 10.1. The third kappa shape index (κ3) is 5.36. The van der Waals surface area contributed by atoms with E-state index >= 15 is 0 Å². The van der Waals surface area contributed by atoms with Gasteiger partial charge < -0.3 is 4.90 Å². The maximum atomic E-state index is 12.5. The molecular formula is C18H25N3O2S2. The first-order valence-corrected chi connectivity index (χ1v) is 11.1. The number of likely N-dealkylation sites (N-methyl/N-ethyl adjacent to an activating group) is 1. The first-order chi connectivity index (χ1) is 12.0. The molecule has 0 amide bonds. The summed E-state index contributed by atoms with van der Waals surface area (Å²) in [6.45, 7) is 4.35. The van der Waals surface area contributed by atoms with Crippen molar-refractivity contribution in [2.24, 2.45) is 0 Å². The fourth-order valence-electron chi connectivity index (χ4n) is 3.11. The molecule has 2 aromatic rings. The zero-order valence-electron chi connectivity index (χ0n) is 14.5. The zero-order chi connectivity index (χ0) is 17.7. The first kappa shape index (κ1) is 18.5. The van der Waals surface area contributed by atoms with E-state index in [1.54, 1.807) is 11.3 Å². The molecule has 0 radical (unpaired) electrons. The van der Waals surface area contributed by atoms with E-state index in [0.29, 0.717) is 6.54 Å². The van der Waals surface area contributed by atoms with E-state index in [4.69, 9.17) is 0 Å². The van der Waals surface area contributed by atoms with Crippen molar-refractivity contribution in [1.82, 2.24) is 14.5 Å². The first-order valence-electron chi connectivity index (χ1n) is 8.49. The number of thiophene rings is 1. The van der Waals surface area contributed by atoms with Crippen molar-refractivity contribution in [2.75, 3.05) is 39.8 Å². The summed E-state index contributed by atoms with van der Waals surface area (Å²) in [5, 5.41) is 4.17. The number of hydrogen-bond acceptors (Lipinski definition) is 5. The third-order valence-corrected chi connectivity index (χ3v) is 6.62. The molecule has 1 N–H and O–H groups in total. The van der Waals surface area contributed by atoms with Gasteiger partial charge in [-0.3, -0.25) is 4.90 Å². The van der Waals surface area contributed by atoms with Crippen molar-refractivity contribution in [3.05, 3.63) is 58.3 Å². The molecule has 0 saturated carbocycles. The van der Waals surface area contributed by atoms with Crippen LogP contribution in [0.15, 0.2) is 47.2 Å². The molecule has 0 bridgehead atoms. The molecule has 5 nitrogen and oxygen atoms in total. The highest BCUT2D eigenvalue weighted by Crippen LogP contribution is 2.24. The maximum Gasteiger partial charge on any atom is 0.215 e. The summed E-state index contributed by atoms with van der Waals surface area (Å²) in [7, 11) is -1.23. The van der Waals surface area contributed by atoms with E-state index in [0.717, 1.165) is 31.7 Å². The Morgan fingerprint density at radius 2 is 1.84 bits per heavy atom. The van der Waals surface area contributed by atoms with Crippen molar-refractivity contribution in [3.63, 3.8) is 0 Å². The molecule has 1 unspecified atom stereocenters. The number of sulfonamides is 1. The molecule has 3 rings (SSSR count). The zero-order valence-corrected chi connectivity index (χ0v) is 16.1. The standard InChI is InChI=1S/C18H25N3O2S2/c1-20-8-10-21(11-9-20)18(17-7-12-24-14-17)13-19-25(22,23)15-16-5-3-2-4-6-16/h2-7,12,14,18-19H,8-11,13,15H2,1H3. The number of hydrogen-bond donors (Lipinski definition) is 1. The minimum Gasteiger partial charge on any atom is -0.304 e. The van der Waals surface area contributed by atoms with Crippen LogP contribution in [0, 0.1) is 0 Å². The van der Waals surface area contributed by atoms with Gasteiger partial charge in [0.15, 0.2) is 0 Å². The predicted molar refractivity (Wildman–Crippen MR) is 103 cm³/mol. The number of benzene rings is 1. The Hall–Kier alpha value is -1.25. The monoisotopic (exact) mass is 379 g/mol. The van der Waals surface area contributed by atoms with Gasteiger partial charge in [-0.1, -0.05) is 30.3 Å². The van der Waals surface area contributed by atoms with Crippen LogP contribution in [-0.2, 0) is 15.8 Å². The highest BCUT2D eigenvalue weighted by atomic mass is 32.2. The van der Waals surface area contributed by atoms with E-state index in [2.05, 4.69) is 38.4 Å². The average molecular weight is 380 g/mol. The van der Waals surface area contributed by atoms with Crippen molar-refractivity contribution in [1.29, 1.82) is 0 Å². The van der Waals surface area contributed by atoms with Crippen LogP contribution in [0.1, 0.15) is 17.2 Å². The van der Waals surface area contributed by atoms with Gasteiger partial charge in [-0.2, -0.15) is 11.3 Å². The molecule has 2 heterocycles. The van der Waals surface area contributed by atoms with Crippen molar-refractivity contribution in [2.45, 2.75) is 11.8 Å².